The largest absolute Gasteiger partial charge is 0.315 e. The Morgan fingerprint density at radius 3 is 2.90 bits per heavy atom. The molecule has 1 heterocycles. The first-order chi connectivity index (χ1) is 4.69. The van der Waals surface area contributed by atoms with Crippen LogP contribution in [0.15, 0.2) is 4.99 Å². The molecule has 0 aromatic heterocycles. The fraction of sp³-hybridized carbons (Fsp3) is 0.714. The van der Waals surface area contributed by atoms with Crippen LogP contribution >= 0.6 is 0 Å². The van der Waals surface area contributed by atoms with Gasteiger partial charge in [-0.1, -0.05) is 13.3 Å². The fourth-order valence-corrected chi connectivity index (χ4v) is 1.11. The lowest BCUT2D eigenvalue weighted by molar-refractivity contribution is -0.123. The molecule has 1 atom stereocenters. The Morgan fingerprint density at radius 1 is 1.80 bits per heavy atom. The Kier molecular flexibility index (Phi) is 1.74. The van der Waals surface area contributed by atoms with Crippen molar-refractivity contribution in [2.45, 2.75) is 32.2 Å². The van der Waals surface area contributed by atoms with Crippen molar-refractivity contribution in [2.24, 2.45) is 4.99 Å². The second kappa shape index (κ2) is 2.40. The zero-order chi connectivity index (χ0) is 7.61. The Hall–Kier alpha value is -0.860. The quantitative estimate of drug-likeness (QED) is 0.602. The molecule has 10 heavy (non-hydrogen) atoms. The average molecular weight is 140 g/mol. The van der Waals surface area contributed by atoms with Crippen LogP contribution in [0.1, 0.15) is 26.7 Å². The van der Waals surface area contributed by atoms with Crippen LogP contribution in [0, 0.1) is 0 Å². The second-order valence-electron chi connectivity index (χ2n) is 2.76. The van der Waals surface area contributed by atoms with Crippen LogP contribution in [0.4, 0.5) is 0 Å². The third-order valence-corrected chi connectivity index (χ3v) is 1.77. The van der Waals surface area contributed by atoms with Gasteiger partial charge in [-0.25, -0.2) is 0 Å². The summed E-state index contributed by atoms with van der Waals surface area (Å²) in [6.45, 7) is 3.90. The minimum absolute atomic E-state index is 0.0225. The molecule has 1 aliphatic heterocycles. The molecule has 56 valence electrons. The summed E-state index contributed by atoms with van der Waals surface area (Å²) in [5.74, 6) is 0.0225. The zero-order valence-electron chi connectivity index (χ0n) is 6.35. The molecule has 3 nitrogen and oxygen atoms in total. The van der Waals surface area contributed by atoms with Crippen molar-refractivity contribution < 1.29 is 4.79 Å². The summed E-state index contributed by atoms with van der Waals surface area (Å²) in [7, 11) is 0. The van der Waals surface area contributed by atoms with Gasteiger partial charge in [-0.2, -0.15) is 0 Å². The number of nitrogens with one attached hydrogen (secondary N) is 1. The summed E-state index contributed by atoms with van der Waals surface area (Å²) >= 11 is 0. The fourth-order valence-electron chi connectivity index (χ4n) is 1.11. The van der Waals surface area contributed by atoms with E-state index in [0.29, 0.717) is 0 Å². The molecule has 0 aromatic carbocycles. The number of carbonyl (C=O) groups is 1. The Morgan fingerprint density at radius 2 is 2.50 bits per heavy atom. The molecular weight excluding hydrogens is 128 g/mol. The normalized spacial score (nSPS) is 30.8. The maximum atomic E-state index is 11.0. The number of nitrogens with zero attached hydrogens (tertiary/aromatic N) is 1. The lowest BCUT2D eigenvalue weighted by Gasteiger charge is -2.15. The van der Waals surface area contributed by atoms with Gasteiger partial charge in [-0.15, -0.1) is 0 Å². The molecule has 3 heteroatoms. The van der Waals surface area contributed by atoms with E-state index in [1.165, 1.54) is 6.34 Å². The molecule has 0 bridgehead atoms. The van der Waals surface area contributed by atoms with Crippen molar-refractivity contribution in [1.82, 2.24) is 5.32 Å². The average Bonchev–Trinajstić information content (AvgIpc) is 2.15. The van der Waals surface area contributed by atoms with Gasteiger partial charge >= 0.3 is 0 Å². The predicted molar refractivity (Wildman–Crippen MR) is 39.9 cm³/mol. The highest BCUT2D eigenvalue weighted by Crippen LogP contribution is 2.19. The van der Waals surface area contributed by atoms with Gasteiger partial charge in [0.2, 0.25) is 0 Å². The SMILES string of the molecule is CCCC1(C)N=CNC1=O. The summed E-state index contributed by atoms with van der Waals surface area (Å²) < 4.78 is 0. The van der Waals surface area contributed by atoms with E-state index in [-0.39, 0.29) is 5.91 Å². The van der Waals surface area contributed by atoms with Crippen LogP contribution in [-0.2, 0) is 4.79 Å². The highest BCUT2D eigenvalue weighted by atomic mass is 16.2. The number of hydrogen-bond acceptors (Lipinski definition) is 2. The lowest BCUT2D eigenvalue weighted by Crippen LogP contribution is -2.35. The van der Waals surface area contributed by atoms with Crippen LogP contribution in [-0.4, -0.2) is 17.8 Å². The number of amides is 1. The molecule has 0 aliphatic carbocycles. The predicted octanol–water partition coefficient (Wildman–Crippen LogP) is 0.703. The molecule has 0 saturated heterocycles. The number of hydrogen-bond donors (Lipinski definition) is 1. The van der Waals surface area contributed by atoms with Gasteiger partial charge in [0.05, 0.1) is 6.34 Å². The first kappa shape index (κ1) is 7.25. The molecule has 0 radical (unpaired) electrons. The Labute approximate surface area is 60.5 Å². The van der Waals surface area contributed by atoms with Gasteiger partial charge < -0.3 is 5.32 Å². The van der Waals surface area contributed by atoms with Crippen molar-refractivity contribution in [2.75, 3.05) is 0 Å². The van der Waals surface area contributed by atoms with E-state index < -0.39 is 5.54 Å². The number of rotatable bonds is 2. The lowest BCUT2D eigenvalue weighted by atomic mass is 9.97. The third kappa shape index (κ3) is 1.03. The van der Waals surface area contributed by atoms with Gasteiger partial charge in [0.15, 0.2) is 0 Å². The summed E-state index contributed by atoms with van der Waals surface area (Å²) in [6.07, 6.45) is 3.30. The van der Waals surface area contributed by atoms with Crippen molar-refractivity contribution in [3.8, 4) is 0 Å². The first-order valence-corrected chi connectivity index (χ1v) is 3.54. The van der Waals surface area contributed by atoms with Crippen LogP contribution < -0.4 is 5.32 Å². The standard InChI is InChI=1S/C7H12N2O/c1-3-4-7(2)6(10)8-5-9-7/h5H,3-4H2,1-2H3,(H,8,9,10). The summed E-state index contributed by atoms with van der Waals surface area (Å²) in [5, 5.41) is 2.56. The molecule has 1 rings (SSSR count). The number of aliphatic imine (C=N–C) groups is 1. The van der Waals surface area contributed by atoms with E-state index in [1.54, 1.807) is 0 Å². The van der Waals surface area contributed by atoms with Gasteiger partial charge in [0, 0.05) is 0 Å². The molecular formula is C7H12N2O. The molecule has 1 amide bonds. The van der Waals surface area contributed by atoms with Crippen molar-refractivity contribution in [3.05, 3.63) is 0 Å². The van der Waals surface area contributed by atoms with Crippen molar-refractivity contribution >= 4 is 12.2 Å². The minimum Gasteiger partial charge on any atom is -0.315 e. The highest BCUT2D eigenvalue weighted by Gasteiger charge is 2.33. The van der Waals surface area contributed by atoms with Crippen LogP contribution in [0.5, 0.6) is 0 Å². The summed E-state index contributed by atoms with van der Waals surface area (Å²) in [5.41, 5.74) is -0.477. The van der Waals surface area contributed by atoms with E-state index in [4.69, 9.17) is 0 Å². The molecule has 1 N–H and O–H groups in total. The van der Waals surface area contributed by atoms with Crippen LogP contribution in [0.3, 0.4) is 0 Å². The molecule has 1 unspecified atom stereocenters. The Bertz CT molecular complexity index is 176. The van der Waals surface area contributed by atoms with Crippen molar-refractivity contribution in [1.29, 1.82) is 0 Å². The number of carbonyl (C=O) groups excluding carboxylic acids is 1. The monoisotopic (exact) mass is 140 g/mol. The first-order valence-electron chi connectivity index (χ1n) is 3.54. The molecule has 0 aromatic rings. The highest BCUT2D eigenvalue weighted by molar-refractivity contribution is 5.99. The van der Waals surface area contributed by atoms with Gasteiger partial charge in [0.1, 0.15) is 5.54 Å². The molecule has 0 fully saturated rings. The molecule has 0 spiro atoms. The topological polar surface area (TPSA) is 41.5 Å². The summed E-state index contributed by atoms with van der Waals surface area (Å²) in [4.78, 5) is 15.1. The maximum absolute atomic E-state index is 11.0. The molecule has 0 saturated carbocycles. The third-order valence-electron chi connectivity index (χ3n) is 1.77. The van der Waals surface area contributed by atoms with Gasteiger partial charge in [-0.05, 0) is 13.3 Å². The smallest absolute Gasteiger partial charge is 0.252 e. The van der Waals surface area contributed by atoms with Gasteiger partial charge in [-0.3, -0.25) is 9.79 Å². The van der Waals surface area contributed by atoms with E-state index >= 15 is 0 Å². The molecule has 1 aliphatic rings. The second-order valence-corrected chi connectivity index (χ2v) is 2.76. The summed E-state index contributed by atoms with van der Waals surface area (Å²) in [6, 6.07) is 0. The zero-order valence-corrected chi connectivity index (χ0v) is 6.35. The van der Waals surface area contributed by atoms with E-state index in [0.717, 1.165) is 12.8 Å². The van der Waals surface area contributed by atoms with E-state index in [9.17, 15) is 4.79 Å². The maximum Gasteiger partial charge on any atom is 0.252 e. The minimum atomic E-state index is -0.477. The van der Waals surface area contributed by atoms with E-state index in [2.05, 4.69) is 10.3 Å². The van der Waals surface area contributed by atoms with Gasteiger partial charge in [0.25, 0.3) is 5.91 Å². The Balaban J connectivity index is 2.66. The van der Waals surface area contributed by atoms with Crippen molar-refractivity contribution in [3.63, 3.8) is 0 Å². The van der Waals surface area contributed by atoms with E-state index in [1.807, 2.05) is 13.8 Å². The van der Waals surface area contributed by atoms with Crippen LogP contribution in [0.25, 0.3) is 0 Å². The van der Waals surface area contributed by atoms with Crippen LogP contribution in [0.2, 0.25) is 0 Å².